The molecule has 4 nitrogen and oxygen atoms in total. The third-order valence-corrected chi connectivity index (χ3v) is 7.29. The molecule has 6 atom stereocenters. The number of Topliss-reactive ketones (excluding diaryl/α,β-unsaturated/α-hetero) is 1. The summed E-state index contributed by atoms with van der Waals surface area (Å²) in [4.78, 5) is 23.9. The predicted octanol–water partition coefficient (Wildman–Crippen LogP) is 3.32. The summed E-state index contributed by atoms with van der Waals surface area (Å²) in [5.41, 5.74) is 0.461. The predicted molar refractivity (Wildman–Crippen MR) is 93.2 cm³/mol. The van der Waals surface area contributed by atoms with Gasteiger partial charge in [0.2, 0.25) is 0 Å². The van der Waals surface area contributed by atoms with Crippen LogP contribution in [0.25, 0.3) is 0 Å². The Morgan fingerprint density at radius 1 is 1.24 bits per heavy atom. The third-order valence-electron chi connectivity index (χ3n) is 7.29. The minimum absolute atomic E-state index is 0.181. The molecule has 2 fully saturated rings. The summed E-state index contributed by atoms with van der Waals surface area (Å²) in [5, 5.41) is 10.3. The molecule has 4 aliphatic rings. The normalized spacial score (nSPS) is 45.0. The number of rotatable bonds is 1. The van der Waals surface area contributed by atoms with Gasteiger partial charge in [-0.25, -0.2) is 0 Å². The Hall–Kier alpha value is -1.68. The van der Waals surface area contributed by atoms with E-state index in [1.165, 1.54) is 6.92 Å². The molecule has 4 aliphatic carbocycles. The van der Waals surface area contributed by atoms with Crippen molar-refractivity contribution in [3.63, 3.8) is 0 Å². The third kappa shape index (κ3) is 2.23. The molecule has 0 bridgehead atoms. The Morgan fingerprint density at radius 2 is 2.00 bits per heavy atom. The Morgan fingerprint density at radius 3 is 2.72 bits per heavy atom. The van der Waals surface area contributed by atoms with Gasteiger partial charge in [0.05, 0.1) is 0 Å². The van der Waals surface area contributed by atoms with E-state index in [1.807, 2.05) is 6.08 Å². The zero-order chi connectivity index (χ0) is 18.0. The quantitative estimate of drug-likeness (QED) is 0.586. The highest BCUT2D eigenvalue weighted by Crippen LogP contribution is 2.62. The Bertz CT molecular complexity index is 730. The molecular formula is C21H26O4. The minimum atomic E-state index is -0.880. The van der Waals surface area contributed by atoms with Gasteiger partial charge in [-0.3, -0.25) is 9.59 Å². The van der Waals surface area contributed by atoms with Crippen LogP contribution < -0.4 is 0 Å². The Kier molecular flexibility index (Phi) is 3.63. The van der Waals surface area contributed by atoms with Crippen molar-refractivity contribution >= 4 is 11.8 Å². The summed E-state index contributed by atoms with van der Waals surface area (Å²) in [7, 11) is 0. The molecule has 0 heterocycles. The van der Waals surface area contributed by atoms with Crippen LogP contribution in [0.15, 0.2) is 35.6 Å². The van der Waals surface area contributed by atoms with E-state index in [0.29, 0.717) is 35.7 Å². The van der Waals surface area contributed by atoms with E-state index in [4.69, 9.17) is 4.74 Å². The summed E-state index contributed by atoms with van der Waals surface area (Å²) in [6.45, 7) is 5.69. The molecule has 4 heteroatoms. The summed E-state index contributed by atoms with van der Waals surface area (Å²) in [6, 6.07) is 0. The molecule has 0 spiro atoms. The van der Waals surface area contributed by atoms with Crippen molar-refractivity contribution in [2.75, 3.05) is 0 Å². The van der Waals surface area contributed by atoms with E-state index in [1.54, 1.807) is 6.08 Å². The van der Waals surface area contributed by atoms with Crippen LogP contribution in [-0.2, 0) is 14.3 Å². The first-order valence-electron chi connectivity index (χ1n) is 9.29. The molecule has 1 N–H and O–H groups in total. The Balaban J connectivity index is 1.79. The maximum Gasteiger partial charge on any atom is 0.307 e. The molecule has 25 heavy (non-hydrogen) atoms. The molecule has 134 valence electrons. The summed E-state index contributed by atoms with van der Waals surface area (Å²) >= 11 is 0. The smallest absolute Gasteiger partial charge is 0.307 e. The largest absolute Gasteiger partial charge is 0.428 e. The first kappa shape index (κ1) is 16.8. The minimum Gasteiger partial charge on any atom is -0.428 e. The van der Waals surface area contributed by atoms with Crippen molar-refractivity contribution < 1.29 is 19.4 Å². The number of hydrogen-bond acceptors (Lipinski definition) is 4. The highest BCUT2D eigenvalue weighted by Gasteiger charge is 2.58. The van der Waals surface area contributed by atoms with Gasteiger partial charge in [0, 0.05) is 29.7 Å². The average Bonchev–Trinajstić information content (AvgIpc) is 2.86. The number of ketones is 1. The number of aliphatic hydroxyl groups is 1. The van der Waals surface area contributed by atoms with Gasteiger partial charge in [0.15, 0.2) is 0 Å². The molecular weight excluding hydrogens is 316 g/mol. The topological polar surface area (TPSA) is 63.6 Å². The van der Waals surface area contributed by atoms with Gasteiger partial charge in [-0.1, -0.05) is 38.2 Å². The molecule has 0 saturated heterocycles. The summed E-state index contributed by atoms with van der Waals surface area (Å²) in [5.74, 6) is 1.50. The number of hydrogen-bond donors (Lipinski definition) is 1. The summed E-state index contributed by atoms with van der Waals surface area (Å²) < 4.78 is 5.38. The van der Waals surface area contributed by atoms with Crippen molar-refractivity contribution in [3.8, 4) is 0 Å². The summed E-state index contributed by atoms with van der Waals surface area (Å²) in [6.07, 6.45) is 10.7. The molecule has 0 aromatic heterocycles. The van der Waals surface area contributed by atoms with E-state index >= 15 is 0 Å². The first-order chi connectivity index (χ1) is 11.8. The van der Waals surface area contributed by atoms with Crippen LogP contribution in [-0.4, -0.2) is 23.0 Å². The fourth-order valence-corrected chi connectivity index (χ4v) is 5.89. The van der Waals surface area contributed by atoms with Crippen molar-refractivity contribution in [2.24, 2.45) is 28.6 Å². The maximum atomic E-state index is 12.4. The van der Waals surface area contributed by atoms with Gasteiger partial charge in [-0.2, -0.15) is 0 Å². The monoisotopic (exact) mass is 342 g/mol. The Labute approximate surface area is 148 Å². The number of fused-ring (bicyclic) bond motifs is 5. The zero-order valence-corrected chi connectivity index (χ0v) is 15.1. The van der Waals surface area contributed by atoms with Gasteiger partial charge in [0.25, 0.3) is 0 Å². The van der Waals surface area contributed by atoms with E-state index in [2.05, 4.69) is 26.0 Å². The number of aliphatic hydroxyl groups excluding tert-OH is 1. The number of carbonyl (C=O) groups excluding carboxylic acids is 2. The fraction of sp³-hybridized carbons (Fsp3) is 0.619. The second-order valence-electron chi connectivity index (χ2n) is 8.53. The molecule has 0 radical (unpaired) electrons. The maximum absolute atomic E-state index is 12.4. The van der Waals surface area contributed by atoms with Crippen LogP contribution in [0.3, 0.4) is 0 Å². The van der Waals surface area contributed by atoms with E-state index in [0.717, 1.165) is 24.8 Å². The highest BCUT2D eigenvalue weighted by atomic mass is 16.5. The van der Waals surface area contributed by atoms with Gasteiger partial charge in [-0.15, -0.1) is 0 Å². The van der Waals surface area contributed by atoms with Gasteiger partial charge in [0.1, 0.15) is 17.6 Å². The van der Waals surface area contributed by atoms with Crippen LogP contribution in [0, 0.1) is 28.6 Å². The number of ether oxygens (including phenoxy) is 1. The van der Waals surface area contributed by atoms with Crippen molar-refractivity contribution in [3.05, 3.63) is 35.6 Å². The average molecular weight is 342 g/mol. The lowest BCUT2D eigenvalue weighted by Crippen LogP contribution is -2.48. The first-order valence-corrected chi connectivity index (χ1v) is 9.29. The molecule has 2 saturated carbocycles. The molecule has 0 amide bonds. The van der Waals surface area contributed by atoms with E-state index < -0.39 is 12.1 Å². The SMILES string of the molecule is CC(=O)OC1=C2C=C[C@@H]3[C@H](CC[C@]4(C)C(=O)CC[C@@H]34)[C@@]2(C)C=CC1O. The van der Waals surface area contributed by atoms with Crippen LogP contribution in [0.2, 0.25) is 0 Å². The second kappa shape index (κ2) is 5.41. The van der Waals surface area contributed by atoms with Crippen LogP contribution >= 0.6 is 0 Å². The van der Waals surface area contributed by atoms with E-state index in [-0.39, 0.29) is 10.8 Å². The fourth-order valence-electron chi connectivity index (χ4n) is 5.89. The molecule has 0 aromatic carbocycles. The lowest BCUT2D eigenvalue weighted by molar-refractivity contribution is -0.138. The van der Waals surface area contributed by atoms with Crippen LogP contribution in [0.4, 0.5) is 0 Å². The lowest BCUT2D eigenvalue weighted by atomic mass is 9.50. The van der Waals surface area contributed by atoms with E-state index in [9.17, 15) is 14.7 Å². The highest BCUT2D eigenvalue weighted by molar-refractivity contribution is 5.87. The standard InChI is InChI=1S/C21H26O4/c1-12(22)25-19-16-5-4-13-14-6-7-18(24)21(14,3)10-8-15(13)20(16,2)11-9-17(19)23/h4-5,9,11,13-15,17,23H,6-8,10H2,1-3H3/t13-,14-,15-,17?,20+,21-/m0/s1. The van der Waals surface area contributed by atoms with Crippen molar-refractivity contribution in [1.29, 1.82) is 0 Å². The number of carbonyl (C=O) groups is 2. The van der Waals surface area contributed by atoms with Crippen LogP contribution in [0.1, 0.15) is 46.5 Å². The van der Waals surface area contributed by atoms with Crippen molar-refractivity contribution in [2.45, 2.75) is 52.6 Å². The number of esters is 1. The molecule has 1 unspecified atom stereocenters. The molecule has 0 aliphatic heterocycles. The molecule has 4 rings (SSSR count). The van der Waals surface area contributed by atoms with Gasteiger partial charge in [-0.05, 0) is 37.0 Å². The lowest BCUT2D eigenvalue weighted by Gasteiger charge is -2.53. The van der Waals surface area contributed by atoms with Gasteiger partial charge >= 0.3 is 5.97 Å². The zero-order valence-electron chi connectivity index (χ0n) is 15.1. The second-order valence-corrected chi connectivity index (χ2v) is 8.53. The molecule has 0 aromatic rings. The van der Waals surface area contributed by atoms with Crippen LogP contribution in [0.5, 0.6) is 0 Å². The number of allylic oxidation sites excluding steroid dienone is 4. The van der Waals surface area contributed by atoms with Crippen molar-refractivity contribution in [1.82, 2.24) is 0 Å². The van der Waals surface area contributed by atoms with Gasteiger partial charge < -0.3 is 9.84 Å².